The van der Waals surface area contributed by atoms with Crippen LogP contribution in [0.2, 0.25) is 5.02 Å². The molecule has 21 heavy (non-hydrogen) atoms. The van der Waals surface area contributed by atoms with Crippen molar-refractivity contribution in [1.82, 2.24) is 10.3 Å². The Bertz CT molecular complexity index is 583. The van der Waals surface area contributed by atoms with Crippen LogP contribution in [0.3, 0.4) is 0 Å². The summed E-state index contributed by atoms with van der Waals surface area (Å²) in [6.07, 6.45) is 1.13. The fraction of sp³-hybridized carbons (Fsp3) is 0.438. The highest BCUT2D eigenvalue weighted by molar-refractivity contribution is 7.09. The standard InChI is InChI=1S/C16H22ClN3S/c1-4-7-18-9-13-8-14(17)5-6-16(13)20(3)10-15-11-21-12(2)19-15/h5-6,8,11,18H,4,7,9-10H2,1-3H3. The van der Waals surface area contributed by atoms with Crippen LogP contribution in [0.5, 0.6) is 0 Å². The lowest BCUT2D eigenvalue weighted by atomic mass is 10.1. The van der Waals surface area contributed by atoms with Crippen LogP contribution in [0.1, 0.15) is 29.6 Å². The number of aromatic nitrogens is 1. The van der Waals surface area contributed by atoms with E-state index in [1.807, 2.05) is 19.1 Å². The highest BCUT2D eigenvalue weighted by Gasteiger charge is 2.10. The first-order valence-corrected chi connectivity index (χ1v) is 8.47. The SMILES string of the molecule is CCCNCc1cc(Cl)ccc1N(C)Cc1csc(C)n1. The van der Waals surface area contributed by atoms with Crippen LogP contribution in [0.4, 0.5) is 5.69 Å². The molecule has 0 spiro atoms. The zero-order chi connectivity index (χ0) is 15.2. The van der Waals surface area contributed by atoms with Crippen molar-refractivity contribution in [2.75, 3.05) is 18.5 Å². The van der Waals surface area contributed by atoms with Crippen molar-refractivity contribution in [2.45, 2.75) is 33.4 Å². The Balaban J connectivity index is 2.12. The fourth-order valence-corrected chi connectivity index (χ4v) is 3.08. The van der Waals surface area contributed by atoms with Gasteiger partial charge in [0, 0.05) is 29.7 Å². The van der Waals surface area contributed by atoms with Gasteiger partial charge in [-0.2, -0.15) is 0 Å². The lowest BCUT2D eigenvalue weighted by Gasteiger charge is -2.22. The molecule has 2 aromatic rings. The van der Waals surface area contributed by atoms with Crippen molar-refractivity contribution < 1.29 is 0 Å². The molecule has 114 valence electrons. The maximum absolute atomic E-state index is 6.14. The molecular weight excluding hydrogens is 302 g/mol. The van der Waals surface area contributed by atoms with Gasteiger partial charge in [0.05, 0.1) is 17.2 Å². The number of nitrogens with one attached hydrogen (secondary N) is 1. The Morgan fingerprint density at radius 2 is 2.19 bits per heavy atom. The quantitative estimate of drug-likeness (QED) is 0.772. The summed E-state index contributed by atoms with van der Waals surface area (Å²) in [4.78, 5) is 6.76. The molecule has 0 aliphatic carbocycles. The smallest absolute Gasteiger partial charge is 0.0898 e. The molecule has 1 aromatic heterocycles. The molecule has 0 bridgehead atoms. The second kappa shape index (κ2) is 7.78. The van der Waals surface area contributed by atoms with Gasteiger partial charge in [-0.05, 0) is 43.7 Å². The molecule has 3 nitrogen and oxygen atoms in total. The van der Waals surface area contributed by atoms with Crippen molar-refractivity contribution in [3.63, 3.8) is 0 Å². The maximum Gasteiger partial charge on any atom is 0.0898 e. The van der Waals surface area contributed by atoms with E-state index in [0.717, 1.165) is 41.8 Å². The molecule has 0 atom stereocenters. The summed E-state index contributed by atoms with van der Waals surface area (Å²) in [5.74, 6) is 0. The molecule has 0 aliphatic rings. The normalized spacial score (nSPS) is 10.9. The molecule has 0 amide bonds. The summed E-state index contributed by atoms with van der Waals surface area (Å²) < 4.78 is 0. The molecule has 0 radical (unpaired) electrons. The topological polar surface area (TPSA) is 28.2 Å². The highest BCUT2D eigenvalue weighted by atomic mass is 35.5. The molecule has 0 unspecified atom stereocenters. The number of anilines is 1. The molecule has 1 heterocycles. The van der Waals surface area contributed by atoms with Gasteiger partial charge in [0.15, 0.2) is 0 Å². The van der Waals surface area contributed by atoms with Crippen LogP contribution in [0, 0.1) is 6.92 Å². The van der Waals surface area contributed by atoms with E-state index in [2.05, 4.69) is 40.6 Å². The zero-order valence-electron chi connectivity index (χ0n) is 12.8. The van der Waals surface area contributed by atoms with E-state index in [1.54, 1.807) is 11.3 Å². The minimum absolute atomic E-state index is 0.782. The third-order valence-corrected chi connectivity index (χ3v) is 4.32. The average Bonchev–Trinajstić information content (AvgIpc) is 2.84. The monoisotopic (exact) mass is 323 g/mol. The van der Waals surface area contributed by atoms with Gasteiger partial charge >= 0.3 is 0 Å². The molecule has 2 rings (SSSR count). The number of nitrogens with zero attached hydrogens (tertiary/aromatic N) is 2. The molecule has 1 aromatic carbocycles. The van der Waals surface area contributed by atoms with Gasteiger partial charge in [-0.1, -0.05) is 18.5 Å². The Hall–Kier alpha value is -1.10. The Labute approximate surface area is 136 Å². The highest BCUT2D eigenvalue weighted by Crippen LogP contribution is 2.25. The minimum Gasteiger partial charge on any atom is -0.368 e. The van der Waals surface area contributed by atoms with Crippen LogP contribution in [-0.2, 0) is 13.1 Å². The number of aryl methyl sites for hydroxylation is 1. The zero-order valence-corrected chi connectivity index (χ0v) is 14.4. The van der Waals surface area contributed by atoms with Crippen molar-refractivity contribution in [3.8, 4) is 0 Å². The second-order valence-corrected chi connectivity index (χ2v) is 6.66. The van der Waals surface area contributed by atoms with Crippen molar-refractivity contribution in [1.29, 1.82) is 0 Å². The Kier molecular flexibility index (Phi) is 6.03. The van der Waals surface area contributed by atoms with Crippen LogP contribution < -0.4 is 10.2 Å². The molecule has 0 saturated carbocycles. The second-order valence-electron chi connectivity index (χ2n) is 5.16. The molecular formula is C16H22ClN3S. The minimum atomic E-state index is 0.782. The summed E-state index contributed by atoms with van der Waals surface area (Å²) in [5.41, 5.74) is 3.54. The lowest BCUT2D eigenvalue weighted by molar-refractivity contribution is 0.673. The molecule has 5 heteroatoms. The summed E-state index contributed by atoms with van der Waals surface area (Å²) in [5, 5.41) is 7.46. The lowest BCUT2D eigenvalue weighted by Crippen LogP contribution is -2.21. The van der Waals surface area contributed by atoms with Crippen molar-refractivity contribution in [3.05, 3.63) is 44.9 Å². The third-order valence-electron chi connectivity index (χ3n) is 3.26. The number of benzene rings is 1. The molecule has 1 N–H and O–H groups in total. The average molecular weight is 324 g/mol. The van der Waals surface area contributed by atoms with Gasteiger partial charge < -0.3 is 10.2 Å². The predicted octanol–water partition coefficient (Wildman–Crippen LogP) is 4.24. The number of hydrogen-bond donors (Lipinski definition) is 1. The predicted molar refractivity (Wildman–Crippen MR) is 92.4 cm³/mol. The van der Waals surface area contributed by atoms with Crippen LogP contribution in [0.25, 0.3) is 0 Å². The van der Waals surface area contributed by atoms with Crippen molar-refractivity contribution >= 4 is 28.6 Å². The number of thiazole rings is 1. The van der Waals surface area contributed by atoms with Gasteiger partial charge in [-0.15, -0.1) is 11.3 Å². The van der Waals surface area contributed by atoms with Gasteiger partial charge in [0.1, 0.15) is 0 Å². The Morgan fingerprint density at radius 3 is 2.86 bits per heavy atom. The van der Waals surface area contributed by atoms with Gasteiger partial charge in [0.25, 0.3) is 0 Å². The van der Waals surface area contributed by atoms with Crippen LogP contribution in [0.15, 0.2) is 23.6 Å². The van der Waals surface area contributed by atoms with Crippen LogP contribution in [-0.4, -0.2) is 18.6 Å². The summed E-state index contributed by atoms with van der Waals surface area (Å²) in [6.45, 7) is 6.87. The van der Waals surface area contributed by atoms with E-state index in [-0.39, 0.29) is 0 Å². The molecule has 0 aliphatic heterocycles. The number of rotatable bonds is 7. The first kappa shape index (κ1) is 16.3. The van der Waals surface area contributed by atoms with E-state index < -0.39 is 0 Å². The van der Waals surface area contributed by atoms with Gasteiger partial charge in [-0.25, -0.2) is 4.98 Å². The van der Waals surface area contributed by atoms with Gasteiger partial charge in [-0.3, -0.25) is 0 Å². The molecule has 0 fully saturated rings. The van der Waals surface area contributed by atoms with Gasteiger partial charge in [0.2, 0.25) is 0 Å². The fourth-order valence-electron chi connectivity index (χ4n) is 2.28. The Morgan fingerprint density at radius 1 is 1.38 bits per heavy atom. The van der Waals surface area contributed by atoms with E-state index in [1.165, 1.54) is 11.3 Å². The number of halogens is 1. The maximum atomic E-state index is 6.14. The molecule has 0 saturated heterocycles. The van der Waals surface area contributed by atoms with Crippen LogP contribution >= 0.6 is 22.9 Å². The van der Waals surface area contributed by atoms with E-state index >= 15 is 0 Å². The summed E-state index contributed by atoms with van der Waals surface area (Å²) in [7, 11) is 2.10. The first-order valence-electron chi connectivity index (χ1n) is 7.21. The summed E-state index contributed by atoms with van der Waals surface area (Å²) >= 11 is 7.83. The van der Waals surface area contributed by atoms with E-state index in [0.29, 0.717) is 0 Å². The van der Waals surface area contributed by atoms with E-state index in [4.69, 9.17) is 11.6 Å². The largest absolute Gasteiger partial charge is 0.368 e. The third kappa shape index (κ3) is 4.70. The number of hydrogen-bond acceptors (Lipinski definition) is 4. The van der Waals surface area contributed by atoms with Crippen molar-refractivity contribution in [2.24, 2.45) is 0 Å². The summed E-state index contributed by atoms with van der Waals surface area (Å²) in [6, 6.07) is 6.08. The first-order chi connectivity index (χ1) is 10.1. The van der Waals surface area contributed by atoms with E-state index in [9.17, 15) is 0 Å².